The molecule has 0 saturated carbocycles. The Labute approximate surface area is 181 Å². The molecule has 1 aliphatic rings. The molecule has 0 aromatic heterocycles. The van der Waals surface area contributed by atoms with Gasteiger partial charge in [-0.2, -0.15) is 18.4 Å². The molecule has 2 aromatic carbocycles. The molecular weight excluding hydrogens is 427 g/mol. The normalized spacial score (nSPS) is 16.5. The summed E-state index contributed by atoms with van der Waals surface area (Å²) in [7, 11) is 0. The van der Waals surface area contributed by atoms with Crippen LogP contribution < -0.4 is 10.6 Å². The van der Waals surface area contributed by atoms with Crippen molar-refractivity contribution in [3.8, 4) is 6.07 Å². The van der Waals surface area contributed by atoms with Crippen LogP contribution in [0.5, 0.6) is 0 Å². The Hall–Kier alpha value is -3.25. The first-order valence-electron chi connectivity index (χ1n) is 9.28. The molecule has 2 N–H and O–H groups in total. The summed E-state index contributed by atoms with van der Waals surface area (Å²) in [6.07, 6.45) is -4.40. The van der Waals surface area contributed by atoms with Gasteiger partial charge in [-0.05, 0) is 36.2 Å². The van der Waals surface area contributed by atoms with Gasteiger partial charge in [-0.1, -0.05) is 42.1 Å². The summed E-state index contributed by atoms with van der Waals surface area (Å²) in [6.45, 7) is 1.90. The average molecular weight is 445 g/mol. The number of rotatable bonds is 5. The second-order valence-electron chi connectivity index (χ2n) is 6.93. The van der Waals surface area contributed by atoms with Crippen LogP contribution in [0.2, 0.25) is 0 Å². The fourth-order valence-electron chi connectivity index (χ4n) is 3.28. The van der Waals surface area contributed by atoms with E-state index in [0.717, 1.165) is 35.0 Å². The molecule has 1 aliphatic heterocycles. The Bertz CT molecular complexity index is 1090. The number of nitriles is 1. The van der Waals surface area contributed by atoms with Crippen LogP contribution in [-0.4, -0.2) is 17.6 Å². The van der Waals surface area contributed by atoms with Crippen molar-refractivity contribution in [2.75, 3.05) is 11.1 Å². The van der Waals surface area contributed by atoms with Crippen LogP contribution in [0.4, 0.5) is 18.9 Å². The lowest BCUT2D eigenvalue weighted by Gasteiger charge is -2.26. The van der Waals surface area contributed by atoms with E-state index >= 15 is 0 Å². The Morgan fingerprint density at radius 1 is 1.26 bits per heavy atom. The highest BCUT2D eigenvalue weighted by atomic mass is 32.2. The van der Waals surface area contributed by atoms with Gasteiger partial charge >= 0.3 is 6.18 Å². The van der Waals surface area contributed by atoms with Crippen molar-refractivity contribution >= 4 is 29.3 Å². The minimum atomic E-state index is -4.51. The molecule has 5 nitrogen and oxygen atoms in total. The number of hydrogen-bond donors (Lipinski definition) is 2. The van der Waals surface area contributed by atoms with E-state index in [4.69, 9.17) is 0 Å². The Morgan fingerprint density at radius 3 is 2.68 bits per heavy atom. The van der Waals surface area contributed by atoms with Crippen LogP contribution in [0.1, 0.15) is 29.0 Å². The van der Waals surface area contributed by atoms with Crippen molar-refractivity contribution < 1.29 is 22.8 Å². The third kappa shape index (κ3) is 5.47. The van der Waals surface area contributed by atoms with E-state index in [1.165, 1.54) is 12.1 Å². The number of amides is 2. The van der Waals surface area contributed by atoms with E-state index in [9.17, 15) is 28.0 Å². The van der Waals surface area contributed by atoms with Gasteiger partial charge < -0.3 is 10.6 Å². The highest BCUT2D eigenvalue weighted by molar-refractivity contribution is 8.03. The number of alkyl halides is 3. The topological polar surface area (TPSA) is 82.0 Å². The highest BCUT2D eigenvalue weighted by Gasteiger charge is 2.31. The van der Waals surface area contributed by atoms with Gasteiger partial charge in [0.2, 0.25) is 11.8 Å². The summed E-state index contributed by atoms with van der Waals surface area (Å²) in [5.74, 6) is -1.43. The van der Waals surface area contributed by atoms with Crippen molar-refractivity contribution in [1.82, 2.24) is 5.32 Å². The Balaban J connectivity index is 1.75. The molecule has 9 heteroatoms. The second-order valence-corrected chi connectivity index (χ2v) is 7.92. The monoisotopic (exact) mass is 445 g/mol. The summed E-state index contributed by atoms with van der Waals surface area (Å²) >= 11 is 0.966. The molecule has 0 bridgehead atoms. The molecule has 3 rings (SSSR count). The zero-order valence-corrected chi connectivity index (χ0v) is 17.2. The van der Waals surface area contributed by atoms with Gasteiger partial charge in [-0.3, -0.25) is 9.59 Å². The number of thioether (sulfide) groups is 1. The van der Waals surface area contributed by atoms with Gasteiger partial charge in [0.1, 0.15) is 0 Å². The van der Waals surface area contributed by atoms with E-state index in [-0.39, 0.29) is 28.8 Å². The number of hydrogen-bond acceptors (Lipinski definition) is 4. The fraction of sp³-hybridized carbons (Fsp3) is 0.227. The lowest BCUT2D eigenvalue weighted by Crippen LogP contribution is -2.31. The number of carbonyl (C=O) groups is 2. The number of allylic oxidation sites excluding steroid dienone is 1. The third-order valence-electron chi connectivity index (χ3n) is 4.74. The van der Waals surface area contributed by atoms with Crippen molar-refractivity contribution in [2.24, 2.45) is 0 Å². The van der Waals surface area contributed by atoms with Crippen LogP contribution in [0.15, 0.2) is 59.1 Å². The fourth-order valence-corrected chi connectivity index (χ4v) is 4.16. The molecule has 0 radical (unpaired) electrons. The largest absolute Gasteiger partial charge is 0.416 e. The van der Waals surface area contributed by atoms with Crippen molar-refractivity contribution in [3.63, 3.8) is 0 Å². The average Bonchev–Trinajstić information content (AvgIpc) is 2.72. The lowest BCUT2D eigenvalue weighted by molar-refractivity contribution is -0.137. The first-order chi connectivity index (χ1) is 14.7. The second kappa shape index (κ2) is 9.27. The van der Waals surface area contributed by atoms with Crippen molar-refractivity contribution in [3.05, 3.63) is 75.8 Å². The molecule has 0 fully saturated rings. The van der Waals surface area contributed by atoms with Crippen LogP contribution >= 0.6 is 11.8 Å². The van der Waals surface area contributed by atoms with Crippen LogP contribution in [-0.2, 0) is 15.8 Å². The van der Waals surface area contributed by atoms with Gasteiger partial charge in [-0.15, -0.1) is 0 Å². The van der Waals surface area contributed by atoms with Crippen LogP contribution in [0, 0.1) is 18.3 Å². The number of halogens is 3. The molecule has 1 atom stereocenters. The molecular formula is C22H18F3N3O2S. The zero-order valence-electron chi connectivity index (χ0n) is 16.4. The molecule has 2 aromatic rings. The number of nitrogens with zero attached hydrogens (tertiary/aromatic N) is 1. The number of nitrogens with one attached hydrogen (secondary N) is 2. The number of benzene rings is 2. The van der Waals surface area contributed by atoms with Gasteiger partial charge in [0.15, 0.2) is 0 Å². The molecule has 0 saturated heterocycles. The maximum atomic E-state index is 12.8. The van der Waals surface area contributed by atoms with Crippen molar-refractivity contribution in [1.29, 1.82) is 5.26 Å². The molecule has 160 valence electrons. The maximum absolute atomic E-state index is 12.8. The smallest absolute Gasteiger partial charge is 0.325 e. The van der Waals surface area contributed by atoms with E-state index < -0.39 is 23.6 Å². The van der Waals surface area contributed by atoms with Gasteiger partial charge in [-0.25, -0.2) is 0 Å². The first-order valence-corrected chi connectivity index (χ1v) is 10.3. The molecule has 1 unspecified atom stereocenters. The van der Waals surface area contributed by atoms with Crippen LogP contribution in [0.25, 0.3) is 0 Å². The van der Waals surface area contributed by atoms with Crippen LogP contribution in [0.3, 0.4) is 0 Å². The third-order valence-corrected chi connectivity index (χ3v) is 5.76. The quantitative estimate of drug-likeness (QED) is 0.698. The Morgan fingerprint density at radius 2 is 2.00 bits per heavy atom. The van der Waals surface area contributed by atoms with E-state index in [0.29, 0.717) is 5.57 Å². The number of anilines is 1. The molecule has 31 heavy (non-hydrogen) atoms. The molecule has 2 amide bonds. The standard InChI is InChI=1S/C22H18F3N3O2S/c1-13-5-2-3-8-16(13)17-10-19(29)28-21(18(17)11-26)31-12-20(30)27-15-7-4-6-14(9-15)22(23,24)25/h2-9,17H,10,12H2,1H3,(H,27,30)(H,28,29). The van der Waals surface area contributed by atoms with Gasteiger partial charge in [0.05, 0.1) is 28.0 Å². The minimum Gasteiger partial charge on any atom is -0.325 e. The predicted molar refractivity (Wildman–Crippen MR) is 112 cm³/mol. The SMILES string of the molecule is Cc1ccccc1C1CC(=O)NC(SCC(=O)Nc2cccc(C(F)(F)F)c2)=C1C#N. The molecule has 0 aliphatic carbocycles. The number of carbonyl (C=O) groups excluding carboxylic acids is 2. The molecule has 1 heterocycles. The summed E-state index contributed by atoms with van der Waals surface area (Å²) in [5, 5.41) is 15.0. The van der Waals surface area contributed by atoms with Crippen molar-refractivity contribution in [2.45, 2.75) is 25.4 Å². The van der Waals surface area contributed by atoms with Gasteiger partial charge in [0.25, 0.3) is 0 Å². The predicted octanol–water partition coefficient (Wildman–Crippen LogP) is 4.72. The molecule has 0 spiro atoms. The lowest BCUT2D eigenvalue weighted by atomic mass is 9.85. The van der Waals surface area contributed by atoms with E-state index in [2.05, 4.69) is 16.7 Å². The first kappa shape index (κ1) is 22.4. The summed E-state index contributed by atoms with van der Waals surface area (Å²) in [5.41, 5.74) is 1.31. The zero-order chi connectivity index (χ0) is 22.6. The maximum Gasteiger partial charge on any atom is 0.416 e. The Kier molecular flexibility index (Phi) is 6.71. The van der Waals surface area contributed by atoms with E-state index in [1.54, 1.807) is 0 Å². The summed E-state index contributed by atoms with van der Waals surface area (Å²) in [6, 6.07) is 13.9. The van der Waals surface area contributed by atoms with E-state index in [1.807, 2.05) is 31.2 Å². The minimum absolute atomic E-state index is 0.0142. The highest BCUT2D eigenvalue weighted by Crippen LogP contribution is 2.37. The summed E-state index contributed by atoms with van der Waals surface area (Å²) in [4.78, 5) is 24.5. The summed E-state index contributed by atoms with van der Waals surface area (Å²) < 4.78 is 38.5. The number of aryl methyl sites for hydroxylation is 1. The van der Waals surface area contributed by atoms with Gasteiger partial charge in [0, 0.05) is 18.0 Å².